The molecule has 0 aliphatic rings. The van der Waals surface area contributed by atoms with Gasteiger partial charge in [0.05, 0.1) is 12.6 Å². The van der Waals surface area contributed by atoms with Crippen LogP contribution in [0, 0.1) is 0 Å². The topological polar surface area (TPSA) is 61.7 Å². The highest BCUT2D eigenvalue weighted by Gasteiger charge is 2.12. The molecule has 0 heterocycles. The van der Waals surface area contributed by atoms with E-state index in [4.69, 9.17) is 4.74 Å². The third-order valence-electron chi connectivity index (χ3n) is 3.17. The lowest BCUT2D eigenvalue weighted by Crippen LogP contribution is -2.09. The van der Waals surface area contributed by atoms with Gasteiger partial charge in [-0.05, 0) is 25.1 Å². The minimum atomic E-state index is -0.0893. The van der Waals surface area contributed by atoms with Gasteiger partial charge in [0, 0.05) is 30.0 Å². The zero-order valence-electron chi connectivity index (χ0n) is 11.6. The molecule has 0 aliphatic heterocycles. The maximum absolute atomic E-state index is 9.89. The summed E-state index contributed by atoms with van der Waals surface area (Å²) in [6.45, 7) is 2.48. The maximum atomic E-state index is 9.89. The van der Waals surface area contributed by atoms with Gasteiger partial charge in [-0.3, -0.25) is 0 Å². The molecule has 0 fully saturated rings. The van der Waals surface area contributed by atoms with Crippen molar-refractivity contribution in [1.29, 1.82) is 0 Å². The lowest BCUT2D eigenvalue weighted by atomic mass is 10.1. The van der Waals surface area contributed by atoms with E-state index >= 15 is 0 Å². The standard InChI is InChI=1S/C16H19NO3/c1-11(14-8-7-13(18)9-16(14)19)17-15-6-4-3-5-12(15)10-20-2/h3-9,11,17-19H,10H2,1-2H3. The van der Waals surface area contributed by atoms with Gasteiger partial charge in [0.25, 0.3) is 0 Å². The normalized spacial score (nSPS) is 12.1. The van der Waals surface area contributed by atoms with Crippen LogP contribution in [0.15, 0.2) is 42.5 Å². The van der Waals surface area contributed by atoms with Crippen LogP contribution in [-0.2, 0) is 11.3 Å². The molecule has 0 radical (unpaired) electrons. The molecule has 0 bridgehead atoms. The van der Waals surface area contributed by atoms with E-state index in [1.54, 1.807) is 19.2 Å². The van der Waals surface area contributed by atoms with Gasteiger partial charge in [-0.15, -0.1) is 0 Å². The van der Waals surface area contributed by atoms with E-state index in [0.717, 1.165) is 16.8 Å². The summed E-state index contributed by atoms with van der Waals surface area (Å²) in [5.74, 6) is 0.132. The molecule has 0 saturated carbocycles. The summed E-state index contributed by atoms with van der Waals surface area (Å²) >= 11 is 0. The molecular formula is C16H19NO3. The summed E-state index contributed by atoms with van der Waals surface area (Å²) < 4.78 is 5.17. The van der Waals surface area contributed by atoms with Crippen molar-refractivity contribution in [3.63, 3.8) is 0 Å². The fourth-order valence-electron chi connectivity index (χ4n) is 2.15. The molecule has 4 heteroatoms. The van der Waals surface area contributed by atoms with E-state index < -0.39 is 0 Å². The Kier molecular flexibility index (Phi) is 4.48. The first-order valence-corrected chi connectivity index (χ1v) is 6.47. The number of hydrogen-bond acceptors (Lipinski definition) is 4. The SMILES string of the molecule is COCc1ccccc1NC(C)c1ccc(O)cc1O. The van der Waals surface area contributed by atoms with Crippen LogP contribution in [0.5, 0.6) is 11.5 Å². The molecule has 2 rings (SSSR count). The van der Waals surface area contributed by atoms with Crippen molar-refractivity contribution >= 4 is 5.69 Å². The first-order valence-electron chi connectivity index (χ1n) is 6.47. The van der Waals surface area contributed by atoms with E-state index in [2.05, 4.69) is 5.32 Å². The van der Waals surface area contributed by atoms with Crippen molar-refractivity contribution in [2.24, 2.45) is 0 Å². The first-order chi connectivity index (χ1) is 9.61. The van der Waals surface area contributed by atoms with Crippen LogP contribution in [-0.4, -0.2) is 17.3 Å². The largest absolute Gasteiger partial charge is 0.508 e. The summed E-state index contributed by atoms with van der Waals surface area (Å²) in [4.78, 5) is 0. The average Bonchev–Trinajstić information content (AvgIpc) is 2.41. The highest BCUT2D eigenvalue weighted by Crippen LogP contribution is 2.30. The Morgan fingerprint density at radius 3 is 2.60 bits per heavy atom. The number of benzene rings is 2. The maximum Gasteiger partial charge on any atom is 0.124 e. The van der Waals surface area contributed by atoms with Crippen LogP contribution >= 0.6 is 0 Å². The summed E-state index contributed by atoms with van der Waals surface area (Å²) in [6, 6.07) is 12.4. The Morgan fingerprint density at radius 2 is 1.90 bits per heavy atom. The number of hydrogen-bond donors (Lipinski definition) is 3. The fourth-order valence-corrected chi connectivity index (χ4v) is 2.15. The lowest BCUT2D eigenvalue weighted by Gasteiger charge is -2.19. The predicted molar refractivity (Wildman–Crippen MR) is 79.0 cm³/mol. The fraction of sp³-hybridized carbons (Fsp3) is 0.250. The van der Waals surface area contributed by atoms with Gasteiger partial charge in [0.15, 0.2) is 0 Å². The zero-order valence-corrected chi connectivity index (χ0v) is 11.6. The summed E-state index contributed by atoms with van der Waals surface area (Å²) in [5, 5.41) is 22.6. The van der Waals surface area contributed by atoms with Gasteiger partial charge in [0.1, 0.15) is 11.5 Å². The number of phenols is 2. The van der Waals surface area contributed by atoms with Crippen molar-refractivity contribution in [3.05, 3.63) is 53.6 Å². The van der Waals surface area contributed by atoms with Gasteiger partial charge in [-0.2, -0.15) is 0 Å². The molecule has 0 amide bonds. The van der Waals surface area contributed by atoms with Crippen LogP contribution in [0.2, 0.25) is 0 Å². The lowest BCUT2D eigenvalue weighted by molar-refractivity contribution is 0.185. The van der Waals surface area contributed by atoms with Crippen molar-refractivity contribution < 1.29 is 14.9 Å². The monoisotopic (exact) mass is 273 g/mol. The highest BCUT2D eigenvalue weighted by molar-refractivity contribution is 5.53. The molecule has 0 saturated heterocycles. The number of anilines is 1. The molecule has 3 N–H and O–H groups in total. The zero-order chi connectivity index (χ0) is 14.5. The van der Waals surface area contributed by atoms with Gasteiger partial charge < -0.3 is 20.3 Å². The first kappa shape index (κ1) is 14.2. The van der Waals surface area contributed by atoms with Gasteiger partial charge >= 0.3 is 0 Å². The smallest absolute Gasteiger partial charge is 0.124 e. The predicted octanol–water partition coefficient (Wildman–Crippen LogP) is 3.42. The molecule has 0 aromatic heterocycles. The average molecular weight is 273 g/mol. The van der Waals surface area contributed by atoms with Crippen LogP contribution in [0.4, 0.5) is 5.69 Å². The summed E-state index contributed by atoms with van der Waals surface area (Å²) in [7, 11) is 1.66. The molecule has 106 valence electrons. The minimum absolute atomic E-state index is 0.0539. The highest BCUT2D eigenvalue weighted by atomic mass is 16.5. The van der Waals surface area contributed by atoms with Crippen molar-refractivity contribution in [2.75, 3.05) is 12.4 Å². The van der Waals surface area contributed by atoms with Gasteiger partial charge in [-0.25, -0.2) is 0 Å². The Labute approximate surface area is 118 Å². The molecule has 0 spiro atoms. The number of rotatable bonds is 5. The third kappa shape index (κ3) is 3.22. The van der Waals surface area contributed by atoms with Gasteiger partial charge in [0.2, 0.25) is 0 Å². The number of nitrogens with one attached hydrogen (secondary N) is 1. The van der Waals surface area contributed by atoms with Crippen molar-refractivity contribution in [3.8, 4) is 11.5 Å². The minimum Gasteiger partial charge on any atom is -0.508 e. The molecule has 0 aliphatic carbocycles. The van der Waals surface area contributed by atoms with Crippen molar-refractivity contribution in [2.45, 2.75) is 19.6 Å². The van der Waals surface area contributed by atoms with Crippen molar-refractivity contribution in [1.82, 2.24) is 0 Å². The van der Waals surface area contributed by atoms with Crippen LogP contribution in [0.3, 0.4) is 0 Å². The number of methoxy groups -OCH3 is 1. The second kappa shape index (κ2) is 6.30. The molecule has 20 heavy (non-hydrogen) atoms. The molecule has 2 aromatic rings. The molecule has 2 aromatic carbocycles. The number of para-hydroxylation sites is 1. The van der Waals surface area contributed by atoms with E-state index in [-0.39, 0.29) is 17.5 Å². The summed E-state index contributed by atoms with van der Waals surface area (Å²) in [5.41, 5.74) is 2.75. The van der Waals surface area contributed by atoms with Crippen LogP contribution < -0.4 is 5.32 Å². The van der Waals surface area contributed by atoms with Crippen LogP contribution in [0.1, 0.15) is 24.1 Å². The summed E-state index contributed by atoms with van der Waals surface area (Å²) in [6.07, 6.45) is 0. The number of phenolic OH excluding ortho intramolecular Hbond substituents is 2. The second-order valence-corrected chi connectivity index (χ2v) is 4.70. The number of aromatic hydroxyl groups is 2. The molecule has 4 nitrogen and oxygen atoms in total. The van der Waals surface area contributed by atoms with Crippen LogP contribution in [0.25, 0.3) is 0 Å². The van der Waals surface area contributed by atoms with E-state index in [0.29, 0.717) is 6.61 Å². The third-order valence-corrected chi connectivity index (χ3v) is 3.17. The Morgan fingerprint density at radius 1 is 1.15 bits per heavy atom. The number of ether oxygens (including phenoxy) is 1. The quantitative estimate of drug-likeness (QED) is 0.781. The molecule has 1 atom stereocenters. The Hall–Kier alpha value is -2.20. The second-order valence-electron chi connectivity index (χ2n) is 4.70. The molecule has 1 unspecified atom stereocenters. The van der Waals surface area contributed by atoms with E-state index in [9.17, 15) is 10.2 Å². The van der Waals surface area contributed by atoms with Gasteiger partial charge in [-0.1, -0.05) is 18.2 Å². The van der Waals surface area contributed by atoms with E-state index in [1.807, 2.05) is 31.2 Å². The molecular weight excluding hydrogens is 254 g/mol. The van der Waals surface area contributed by atoms with E-state index in [1.165, 1.54) is 6.07 Å². The Bertz CT molecular complexity index is 584. The Balaban J connectivity index is 2.21.